The van der Waals surface area contributed by atoms with Gasteiger partial charge in [0, 0.05) is 5.92 Å². The molecule has 4 heteroatoms. The lowest BCUT2D eigenvalue weighted by atomic mass is 9.70. The van der Waals surface area contributed by atoms with Crippen molar-refractivity contribution in [1.82, 2.24) is 0 Å². The predicted octanol–water partition coefficient (Wildman–Crippen LogP) is 3.49. The monoisotopic (exact) mass is 308 g/mol. The summed E-state index contributed by atoms with van der Waals surface area (Å²) < 4.78 is 5.73. The molecule has 3 aliphatic rings. The molecule has 3 saturated carbocycles. The van der Waals surface area contributed by atoms with E-state index in [1.54, 1.807) is 0 Å². The second-order valence-corrected chi connectivity index (χ2v) is 8.68. The van der Waals surface area contributed by atoms with Crippen molar-refractivity contribution >= 4 is 11.9 Å². The van der Waals surface area contributed by atoms with Gasteiger partial charge in [0.2, 0.25) is 0 Å². The summed E-state index contributed by atoms with van der Waals surface area (Å²) in [6.45, 7) is 6.78. The summed E-state index contributed by atoms with van der Waals surface area (Å²) >= 11 is 0. The van der Waals surface area contributed by atoms with E-state index in [2.05, 4.69) is 0 Å². The highest BCUT2D eigenvalue weighted by molar-refractivity contribution is 5.98. The molecule has 2 bridgehead atoms. The van der Waals surface area contributed by atoms with Crippen LogP contribution in [0.3, 0.4) is 0 Å². The van der Waals surface area contributed by atoms with Crippen LogP contribution in [0.25, 0.3) is 0 Å². The molecule has 0 aromatic carbocycles. The van der Waals surface area contributed by atoms with Crippen LogP contribution in [0.15, 0.2) is 0 Å². The number of hydrogen-bond donors (Lipinski definition) is 1. The summed E-state index contributed by atoms with van der Waals surface area (Å²) in [7, 11) is 0. The van der Waals surface area contributed by atoms with Crippen LogP contribution in [0, 0.1) is 35.0 Å². The Morgan fingerprint density at radius 3 is 2.27 bits per heavy atom. The highest BCUT2D eigenvalue weighted by Gasteiger charge is 2.58. The molecule has 0 saturated heterocycles. The molecule has 124 valence electrons. The van der Waals surface area contributed by atoms with Gasteiger partial charge in [-0.15, -0.1) is 0 Å². The maximum atomic E-state index is 12.3. The summed E-state index contributed by atoms with van der Waals surface area (Å²) in [6, 6.07) is 0. The Bertz CT molecular complexity index is 493. The van der Waals surface area contributed by atoms with Crippen LogP contribution in [0.2, 0.25) is 0 Å². The van der Waals surface area contributed by atoms with Crippen LogP contribution in [0.4, 0.5) is 0 Å². The number of ether oxygens (including phenoxy) is 1. The SMILES string of the molecule is CC(C)(C(=O)O)C(=O)OC(C)(C)C1CC2CC1C1CCCC21. The van der Waals surface area contributed by atoms with Gasteiger partial charge in [0.25, 0.3) is 0 Å². The fraction of sp³-hybridized carbons (Fsp3) is 0.889. The molecule has 3 rings (SSSR count). The third-order valence-electron chi connectivity index (χ3n) is 6.72. The van der Waals surface area contributed by atoms with Crippen molar-refractivity contribution in [1.29, 1.82) is 0 Å². The first-order valence-electron chi connectivity index (χ1n) is 8.61. The molecule has 3 fully saturated rings. The molecule has 5 atom stereocenters. The van der Waals surface area contributed by atoms with Crippen molar-refractivity contribution in [3.63, 3.8) is 0 Å². The number of aliphatic carboxylic acids is 1. The van der Waals surface area contributed by atoms with Crippen molar-refractivity contribution < 1.29 is 19.4 Å². The zero-order valence-corrected chi connectivity index (χ0v) is 14.1. The van der Waals surface area contributed by atoms with Crippen molar-refractivity contribution in [3.05, 3.63) is 0 Å². The zero-order chi connectivity index (χ0) is 16.3. The maximum absolute atomic E-state index is 12.3. The molecular formula is C18H28O4. The number of rotatable bonds is 4. The topological polar surface area (TPSA) is 63.6 Å². The van der Waals surface area contributed by atoms with E-state index in [1.807, 2.05) is 13.8 Å². The minimum Gasteiger partial charge on any atom is -0.480 e. The van der Waals surface area contributed by atoms with Crippen LogP contribution < -0.4 is 0 Å². The highest BCUT2D eigenvalue weighted by Crippen LogP contribution is 2.63. The molecule has 0 aliphatic heterocycles. The van der Waals surface area contributed by atoms with Crippen molar-refractivity contribution in [3.8, 4) is 0 Å². The van der Waals surface area contributed by atoms with Crippen LogP contribution in [-0.4, -0.2) is 22.6 Å². The summed E-state index contributed by atoms with van der Waals surface area (Å²) in [5.41, 5.74) is -2.05. The van der Waals surface area contributed by atoms with E-state index in [0.717, 1.165) is 24.2 Å². The molecular weight excluding hydrogens is 280 g/mol. The fourth-order valence-electron chi connectivity index (χ4n) is 5.40. The highest BCUT2D eigenvalue weighted by atomic mass is 16.6. The van der Waals surface area contributed by atoms with Gasteiger partial charge in [0.15, 0.2) is 5.41 Å². The second kappa shape index (κ2) is 4.97. The molecule has 0 radical (unpaired) electrons. The zero-order valence-electron chi connectivity index (χ0n) is 14.1. The average Bonchev–Trinajstić information content (AvgIpc) is 3.10. The molecule has 0 aromatic heterocycles. The fourth-order valence-corrected chi connectivity index (χ4v) is 5.40. The first-order valence-corrected chi connectivity index (χ1v) is 8.61. The van der Waals surface area contributed by atoms with E-state index in [0.29, 0.717) is 11.8 Å². The van der Waals surface area contributed by atoms with Gasteiger partial charge in [-0.1, -0.05) is 6.42 Å². The summed E-state index contributed by atoms with van der Waals surface area (Å²) in [5, 5.41) is 9.20. The quantitative estimate of drug-likeness (QED) is 0.638. The van der Waals surface area contributed by atoms with Gasteiger partial charge in [0.05, 0.1) is 0 Å². The summed E-state index contributed by atoms with van der Waals surface area (Å²) in [4.78, 5) is 23.6. The number of carbonyl (C=O) groups is 2. The maximum Gasteiger partial charge on any atom is 0.323 e. The third kappa shape index (κ3) is 2.26. The van der Waals surface area contributed by atoms with Crippen molar-refractivity contribution in [2.45, 2.75) is 65.4 Å². The lowest BCUT2D eigenvalue weighted by Crippen LogP contribution is -2.46. The lowest BCUT2D eigenvalue weighted by Gasteiger charge is -2.41. The van der Waals surface area contributed by atoms with Crippen LogP contribution >= 0.6 is 0 Å². The largest absolute Gasteiger partial charge is 0.480 e. The number of esters is 1. The Labute approximate surface area is 132 Å². The average molecular weight is 308 g/mol. The molecule has 0 aromatic rings. The summed E-state index contributed by atoms with van der Waals surface area (Å²) in [5.74, 6) is 1.82. The molecule has 22 heavy (non-hydrogen) atoms. The first-order chi connectivity index (χ1) is 10.1. The molecule has 4 nitrogen and oxygen atoms in total. The Morgan fingerprint density at radius 1 is 1.00 bits per heavy atom. The van der Waals surface area contributed by atoms with Gasteiger partial charge < -0.3 is 9.84 Å². The van der Waals surface area contributed by atoms with Gasteiger partial charge in [-0.3, -0.25) is 9.59 Å². The predicted molar refractivity (Wildman–Crippen MR) is 82.1 cm³/mol. The number of carboxylic acids is 1. The molecule has 0 amide bonds. The van der Waals surface area contributed by atoms with E-state index in [9.17, 15) is 14.7 Å². The normalized spacial score (nSPS) is 37.2. The number of hydrogen-bond acceptors (Lipinski definition) is 3. The van der Waals surface area contributed by atoms with E-state index < -0.39 is 23.0 Å². The van der Waals surface area contributed by atoms with Gasteiger partial charge in [-0.2, -0.15) is 0 Å². The Morgan fingerprint density at radius 2 is 1.64 bits per heavy atom. The minimum atomic E-state index is -1.48. The second-order valence-electron chi connectivity index (χ2n) is 8.68. The number of carboxylic acid groups (broad SMARTS) is 1. The van der Waals surface area contributed by atoms with E-state index in [1.165, 1.54) is 39.5 Å². The van der Waals surface area contributed by atoms with Crippen LogP contribution in [0.1, 0.15) is 59.8 Å². The smallest absolute Gasteiger partial charge is 0.323 e. The molecule has 0 heterocycles. The number of carbonyl (C=O) groups excluding carboxylic acids is 1. The Hall–Kier alpha value is -1.06. The van der Waals surface area contributed by atoms with Gasteiger partial charge in [-0.05, 0) is 77.0 Å². The van der Waals surface area contributed by atoms with Gasteiger partial charge in [-0.25, -0.2) is 0 Å². The Kier molecular flexibility index (Phi) is 3.57. The van der Waals surface area contributed by atoms with Gasteiger partial charge in [0.1, 0.15) is 5.60 Å². The molecule has 3 aliphatic carbocycles. The van der Waals surface area contributed by atoms with E-state index in [-0.39, 0.29) is 0 Å². The molecule has 0 spiro atoms. The lowest BCUT2D eigenvalue weighted by molar-refractivity contribution is -0.181. The van der Waals surface area contributed by atoms with E-state index in [4.69, 9.17) is 4.74 Å². The summed E-state index contributed by atoms with van der Waals surface area (Å²) in [6.07, 6.45) is 6.47. The van der Waals surface area contributed by atoms with Crippen LogP contribution in [0.5, 0.6) is 0 Å². The van der Waals surface area contributed by atoms with Gasteiger partial charge >= 0.3 is 11.9 Å². The van der Waals surface area contributed by atoms with Crippen molar-refractivity contribution in [2.24, 2.45) is 35.0 Å². The first kappa shape index (κ1) is 15.8. The Balaban J connectivity index is 1.72. The standard InChI is InChI=1S/C18H28O4/c1-17(2,15(19)20)16(21)22-18(3,4)14-9-10-8-13(14)12-7-5-6-11(10)12/h10-14H,5-9H2,1-4H3,(H,19,20). The number of fused-ring (bicyclic) bond motifs is 5. The van der Waals surface area contributed by atoms with Crippen molar-refractivity contribution in [2.75, 3.05) is 0 Å². The molecule has 5 unspecified atom stereocenters. The van der Waals surface area contributed by atoms with Crippen LogP contribution in [-0.2, 0) is 14.3 Å². The minimum absolute atomic E-state index is 0.380. The third-order valence-corrected chi connectivity index (χ3v) is 6.72. The molecule has 1 N–H and O–H groups in total. The van der Waals surface area contributed by atoms with E-state index >= 15 is 0 Å².